The molecular formula is C19H20BrFN4O. The molecule has 0 saturated heterocycles. The van der Waals surface area contributed by atoms with E-state index >= 15 is 0 Å². The first-order valence-electron chi connectivity index (χ1n) is 8.34. The van der Waals surface area contributed by atoms with Crippen molar-refractivity contribution in [3.63, 3.8) is 0 Å². The lowest BCUT2D eigenvalue weighted by atomic mass is 10.0. The third-order valence-electron chi connectivity index (χ3n) is 4.27. The van der Waals surface area contributed by atoms with Crippen LogP contribution in [0.2, 0.25) is 0 Å². The topological polar surface area (TPSA) is 59.8 Å². The van der Waals surface area contributed by atoms with E-state index in [2.05, 4.69) is 31.3 Å². The fraction of sp³-hybridized carbons (Fsp3) is 0.316. The number of hydrogen-bond donors (Lipinski definition) is 1. The van der Waals surface area contributed by atoms with E-state index in [4.69, 9.17) is 0 Å². The van der Waals surface area contributed by atoms with Crippen LogP contribution in [0.4, 0.5) is 4.39 Å². The highest BCUT2D eigenvalue weighted by molar-refractivity contribution is 9.10. The zero-order chi connectivity index (χ0) is 19.0. The number of nitrogens with one attached hydrogen (secondary N) is 1. The number of hydrogen-bond acceptors (Lipinski definition) is 3. The standard InChI is InChI=1S/C19H20BrFN4O/c1-10(2)16-8-14(17-11(3)24-25(4)18(17)23-16)19(26)22-9-12-7-13(20)5-6-15(12)21/h5-8,10H,9H2,1-4H3,(H,22,26). The van der Waals surface area contributed by atoms with Gasteiger partial charge in [0, 0.05) is 29.3 Å². The largest absolute Gasteiger partial charge is 0.348 e. The molecule has 3 aromatic rings. The van der Waals surface area contributed by atoms with Gasteiger partial charge in [-0.15, -0.1) is 0 Å². The second kappa shape index (κ2) is 7.15. The van der Waals surface area contributed by atoms with Crippen molar-refractivity contribution in [2.45, 2.75) is 33.2 Å². The molecule has 1 aromatic carbocycles. The maximum absolute atomic E-state index is 13.9. The van der Waals surface area contributed by atoms with Crippen LogP contribution in [0.1, 0.15) is 47.1 Å². The summed E-state index contributed by atoms with van der Waals surface area (Å²) in [6.07, 6.45) is 0. The second-order valence-electron chi connectivity index (χ2n) is 6.58. The van der Waals surface area contributed by atoms with Crippen LogP contribution in [0.25, 0.3) is 11.0 Å². The van der Waals surface area contributed by atoms with Gasteiger partial charge in [0.25, 0.3) is 5.91 Å². The van der Waals surface area contributed by atoms with Gasteiger partial charge in [-0.05, 0) is 37.1 Å². The molecule has 1 amide bonds. The number of pyridine rings is 1. The van der Waals surface area contributed by atoms with Gasteiger partial charge in [-0.3, -0.25) is 9.48 Å². The number of benzene rings is 1. The third kappa shape index (κ3) is 3.49. The van der Waals surface area contributed by atoms with Gasteiger partial charge in [-0.1, -0.05) is 29.8 Å². The van der Waals surface area contributed by atoms with Crippen LogP contribution in [0, 0.1) is 12.7 Å². The molecule has 2 heterocycles. The molecule has 0 aliphatic heterocycles. The van der Waals surface area contributed by atoms with Crippen molar-refractivity contribution < 1.29 is 9.18 Å². The number of aromatic nitrogens is 3. The molecule has 2 aromatic heterocycles. The normalized spacial score (nSPS) is 11.3. The van der Waals surface area contributed by atoms with Gasteiger partial charge in [-0.2, -0.15) is 5.10 Å². The van der Waals surface area contributed by atoms with Gasteiger partial charge in [-0.25, -0.2) is 9.37 Å². The summed E-state index contributed by atoms with van der Waals surface area (Å²) in [6, 6.07) is 6.46. The average molecular weight is 419 g/mol. The summed E-state index contributed by atoms with van der Waals surface area (Å²) in [7, 11) is 1.81. The number of nitrogens with zero attached hydrogens (tertiary/aromatic N) is 3. The van der Waals surface area contributed by atoms with E-state index in [9.17, 15) is 9.18 Å². The maximum Gasteiger partial charge on any atom is 0.252 e. The lowest BCUT2D eigenvalue weighted by Gasteiger charge is -2.11. The van der Waals surface area contributed by atoms with Crippen LogP contribution < -0.4 is 5.32 Å². The first-order chi connectivity index (χ1) is 12.3. The first-order valence-corrected chi connectivity index (χ1v) is 9.13. The lowest BCUT2D eigenvalue weighted by molar-refractivity contribution is 0.0952. The van der Waals surface area contributed by atoms with Gasteiger partial charge >= 0.3 is 0 Å². The lowest BCUT2D eigenvalue weighted by Crippen LogP contribution is -2.24. The van der Waals surface area contributed by atoms with Crippen molar-refractivity contribution in [1.82, 2.24) is 20.1 Å². The first kappa shape index (κ1) is 18.5. The number of aryl methyl sites for hydroxylation is 2. The highest BCUT2D eigenvalue weighted by atomic mass is 79.9. The zero-order valence-electron chi connectivity index (χ0n) is 15.1. The fourth-order valence-corrected chi connectivity index (χ4v) is 3.30. The Morgan fingerprint density at radius 3 is 2.77 bits per heavy atom. The summed E-state index contributed by atoms with van der Waals surface area (Å²) in [5.74, 6) is -0.452. The molecule has 0 bridgehead atoms. The molecule has 0 fully saturated rings. The molecule has 0 radical (unpaired) electrons. The Morgan fingerprint density at radius 2 is 2.08 bits per heavy atom. The van der Waals surface area contributed by atoms with E-state index in [0.29, 0.717) is 16.8 Å². The van der Waals surface area contributed by atoms with E-state index in [1.54, 1.807) is 22.9 Å². The molecule has 0 aliphatic carbocycles. The maximum atomic E-state index is 13.9. The number of amides is 1. The molecule has 3 rings (SSSR count). The molecular weight excluding hydrogens is 399 g/mol. The SMILES string of the molecule is Cc1nn(C)c2nc(C(C)C)cc(C(=O)NCc3cc(Br)ccc3F)c12. The molecule has 26 heavy (non-hydrogen) atoms. The van der Waals surface area contributed by atoms with E-state index in [0.717, 1.165) is 21.2 Å². The highest BCUT2D eigenvalue weighted by Crippen LogP contribution is 2.25. The van der Waals surface area contributed by atoms with Crippen LogP contribution in [0.5, 0.6) is 0 Å². The van der Waals surface area contributed by atoms with Crippen molar-refractivity contribution >= 4 is 32.9 Å². The Bertz CT molecular complexity index is 997. The van der Waals surface area contributed by atoms with Crippen molar-refractivity contribution in [3.8, 4) is 0 Å². The Labute approximate surface area is 159 Å². The molecule has 0 atom stereocenters. The summed E-state index contributed by atoms with van der Waals surface area (Å²) < 4.78 is 16.4. The van der Waals surface area contributed by atoms with Gasteiger partial charge in [0.2, 0.25) is 0 Å². The van der Waals surface area contributed by atoms with Crippen molar-refractivity contribution in [2.24, 2.45) is 7.05 Å². The second-order valence-corrected chi connectivity index (χ2v) is 7.49. The predicted octanol–water partition coefficient (Wildman–Crippen LogP) is 4.23. The third-order valence-corrected chi connectivity index (χ3v) is 4.77. The van der Waals surface area contributed by atoms with Crippen molar-refractivity contribution in [1.29, 1.82) is 0 Å². The van der Waals surface area contributed by atoms with Gasteiger partial charge in [0.15, 0.2) is 5.65 Å². The number of carbonyl (C=O) groups excluding carboxylic acids is 1. The Kier molecular flexibility index (Phi) is 5.09. The number of fused-ring (bicyclic) bond motifs is 1. The van der Waals surface area contributed by atoms with Crippen LogP contribution in [-0.2, 0) is 13.6 Å². The minimum Gasteiger partial charge on any atom is -0.348 e. The van der Waals surface area contributed by atoms with Crippen LogP contribution in [-0.4, -0.2) is 20.7 Å². The smallest absolute Gasteiger partial charge is 0.252 e. The molecule has 0 unspecified atom stereocenters. The molecule has 1 N–H and O–H groups in total. The monoisotopic (exact) mass is 418 g/mol. The highest BCUT2D eigenvalue weighted by Gasteiger charge is 2.19. The zero-order valence-corrected chi connectivity index (χ0v) is 16.7. The van der Waals surface area contributed by atoms with E-state index in [1.807, 2.05) is 27.8 Å². The van der Waals surface area contributed by atoms with E-state index in [-0.39, 0.29) is 24.2 Å². The van der Waals surface area contributed by atoms with E-state index < -0.39 is 0 Å². The number of rotatable bonds is 4. The van der Waals surface area contributed by atoms with Crippen molar-refractivity contribution in [2.75, 3.05) is 0 Å². The summed E-state index contributed by atoms with van der Waals surface area (Å²) in [4.78, 5) is 17.5. The Balaban J connectivity index is 1.98. The molecule has 7 heteroatoms. The predicted molar refractivity (Wildman–Crippen MR) is 103 cm³/mol. The fourth-order valence-electron chi connectivity index (χ4n) is 2.89. The minimum atomic E-state index is -0.353. The molecule has 0 saturated carbocycles. The molecule has 5 nitrogen and oxygen atoms in total. The van der Waals surface area contributed by atoms with Gasteiger partial charge < -0.3 is 5.32 Å². The van der Waals surface area contributed by atoms with Gasteiger partial charge in [0.1, 0.15) is 5.82 Å². The number of carbonyl (C=O) groups is 1. The molecule has 136 valence electrons. The van der Waals surface area contributed by atoms with Gasteiger partial charge in [0.05, 0.1) is 16.6 Å². The van der Waals surface area contributed by atoms with Crippen LogP contribution >= 0.6 is 15.9 Å². The quantitative estimate of drug-likeness (QED) is 0.689. The van der Waals surface area contributed by atoms with Crippen LogP contribution in [0.3, 0.4) is 0 Å². The Hall–Kier alpha value is -2.28. The summed E-state index contributed by atoms with van der Waals surface area (Å²) in [5.41, 5.74) is 3.17. The number of halogens is 2. The molecule has 0 spiro atoms. The van der Waals surface area contributed by atoms with Crippen LogP contribution in [0.15, 0.2) is 28.7 Å². The minimum absolute atomic E-state index is 0.101. The average Bonchev–Trinajstić information content (AvgIpc) is 2.89. The molecule has 0 aliphatic rings. The summed E-state index contributed by atoms with van der Waals surface area (Å²) in [5, 5.41) is 7.93. The summed E-state index contributed by atoms with van der Waals surface area (Å²) >= 11 is 3.32. The summed E-state index contributed by atoms with van der Waals surface area (Å²) in [6.45, 7) is 6.00. The Morgan fingerprint density at radius 1 is 1.35 bits per heavy atom. The van der Waals surface area contributed by atoms with E-state index in [1.165, 1.54) is 6.07 Å². The van der Waals surface area contributed by atoms with Crippen molar-refractivity contribution in [3.05, 3.63) is 57.1 Å².